The Morgan fingerprint density at radius 2 is 1.92 bits per heavy atom. The van der Waals surface area contributed by atoms with E-state index in [9.17, 15) is 4.79 Å². The van der Waals surface area contributed by atoms with Crippen LogP contribution >= 0.6 is 0 Å². The summed E-state index contributed by atoms with van der Waals surface area (Å²) in [5.74, 6) is 0.497. The highest BCUT2D eigenvalue weighted by atomic mass is 16.5. The number of para-hydroxylation sites is 1. The first-order chi connectivity index (χ1) is 12.2. The van der Waals surface area contributed by atoms with E-state index in [0.717, 1.165) is 37.6 Å². The number of aromatic nitrogens is 1. The molecule has 0 bridgehead atoms. The Balaban J connectivity index is 1.58. The summed E-state index contributed by atoms with van der Waals surface area (Å²) < 4.78 is 5.29. The van der Waals surface area contributed by atoms with Crippen LogP contribution in [0.15, 0.2) is 53.8 Å². The number of hydrogen-bond donors (Lipinski definition) is 1. The van der Waals surface area contributed by atoms with E-state index in [1.54, 1.807) is 24.5 Å². The fourth-order valence-corrected chi connectivity index (χ4v) is 2.58. The van der Waals surface area contributed by atoms with Crippen molar-refractivity contribution in [1.29, 1.82) is 0 Å². The predicted octanol–water partition coefficient (Wildman–Crippen LogP) is 1.70. The van der Waals surface area contributed by atoms with Gasteiger partial charge in [-0.1, -0.05) is 18.2 Å². The normalized spacial score (nSPS) is 14.7. The van der Waals surface area contributed by atoms with Gasteiger partial charge in [-0.2, -0.15) is 5.10 Å². The Kier molecular flexibility index (Phi) is 5.46. The van der Waals surface area contributed by atoms with E-state index in [4.69, 9.17) is 9.84 Å². The maximum absolute atomic E-state index is 10.7. The van der Waals surface area contributed by atoms with Crippen molar-refractivity contribution in [3.63, 3.8) is 0 Å². The minimum absolute atomic E-state index is 0.367. The van der Waals surface area contributed by atoms with E-state index < -0.39 is 5.97 Å². The Bertz CT molecular complexity index is 728. The molecule has 0 saturated carbocycles. The second-order valence-electron chi connectivity index (χ2n) is 5.59. The molecule has 25 heavy (non-hydrogen) atoms. The second kappa shape index (κ2) is 8.14. The number of hydrogen-bond acceptors (Lipinski definition) is 6. The average molecular weight is 340 g/mol. The third kappa shape index (κ3) is 4.69. The van der Waals surface area contributed by atoms with Crippen LogP contribution in [0.3, 0.4) is 0 Å². The zero-order valence-corrected chi connectivity index (χ0v) is 13.8. The first kappa shape index (κ1) is 16.8. The molecule has 0 radical (unpaired) electrons. The van der Waals surface area contributed by atoms with Crippen LogP contribution in [-0.2, 0) is 4.79 Å². The lowest BCUT2D eigenvalue weighted by Crippen LogP contribution is -2.44. The molecule has 1 aliphatic heterocycles. The van der Waals surface area contributed by atoms with Gasteiger partial charge in [0.1, 0.15) is 11.6 Å². The minimum Gasteiger partial charge on any atom is -0.481 e. The molecule has 1 aromatic heterocycles. The summed E-state index contributed by atoms with van der Waals surface area (Å²) in [7, 11) is 0. The number of hydrazone groups is 1. The molecule has 2 aromatic rings. The summed E-state index contributed by atoms with van der Waals surface area (Å²) in [5, 5.41) is 15.2. The van der Waals surface area contributed by atoms with Gasteiger partial charge in [0.2, 0.25) is 0 Å². The number of piperazine rings is 1. The van der Waals surface area contributed by atoms with Gasteiger partial charge in [-0.3, -0.25) is 5.01 Å². The number of anilines is 1. The molecule has 3 rings (SSSR count). The minimum atomic E-state index is -1.00. The van der Waals surface area contributed by atoms with E-state index in [0.29, 0.717) is 5.75 Å². The van der Waals surface area contributed by atoms with Gasteiger partial charge < -0.3 is 14.7 Å². The predicted molar refractivity (Wildman–Crippen MR) is 95.2 cm³/mol. The molecule has 1 saturated heterocycles. The molecule has 0 spiro atoms. The topological polar surface area (TPSA) is 78.3 Å². The van der Waals surface area contributed by atoms with Crippen LogP contribution in [0.2, 0.25) is 0 Å². The van der Waals surface area contributed by atoms with E-state index in [1.807, 2.05) is 35.3 Å². The molecule has 1 aliphatic rings. The van der Waals surface area contributed by atoms with E-state index in [2.05, 4.69) is 15.0 Å². The number of ether oxygens (including phenoxy) is 1. The Labute approximate surface area is 146 Å². The molecule has 1 aromatic carbocycles. The van der Waals surface area contributed by atoms with Gasteiger partial charge in [-0.25, -0.2) is 9.78 Å². The number of aliphatic carboxylic acids is 1. The van der Waals surface area contributed by atoms with Crippen molar-refractivity contribution < 1.29 is 14.6 Å². The maximum atomic E-state index is 10.7. The van der Waals surface area contributed by atoms with Gasteiger partial charge in [0.15, 0.2) is 6.61 Å². The summed E-state index contributed by atoms with van der Waals surface area (Å²) in [6.45, 7) is 2.93. The molecule has 1 fully saturated rings. The number of carbonyl (C=O) groups is 1. The molecular formula is C18H20N4O3. The van der Waals surface area contributed by atoms with Crippen molar-refractivity contribution in [3.05, 3.63) is 54.2 Å². The summed E-state index contributed by atoms with van der Waals surface area (Å²) in [6.07, 6.45) is 3.52. The third-order valence-electron chi connectivity index (χ3n) is 3.86. The molecule has 0 amide bonds. The average Bonchev–Trinajstić information content (AvgIpc) is 2.66. The fourth-order valence-electron chi connectivity index (χ4n) is 2.58. The molecule has 2 heterocycles. The smallest absolute Gasteiger partial charge is 0.341 e. The number of pyridine rings is 1. The third-order valence-corrected chi connectivity index (χ3v) is 3.86. The first-order valence-corrected chi connectivity index (χ1v) is 8.11. The number of carboxylic acids is 1. The number of rotatable bonds is 6. The van der Waals surface area contributed by atoms with Crippen LogP contribution in [0, 0.1) is 0 Å². The molecule has 7 nitrogen and oxygen atoms in total. The van der Waals surface area contributed by atoms with Gasteiger partial charge in [0, 0.05) is 24.8 Å². The van der Waals surface area contributed by atoms with Gasteiger partial charge in [0.25, 0.3) is 0 Å². The highest BCUT2D eigenvalue weighted by molar-refractivity contribution is 5.83. The summed E-state index contributed by atoms with van der Waals surface area (Å²) in [6, 6.07) is 13.2. The van der Waals surface area contributed by atoms with Crippen LogP contribution in [0.25, 0.3) is 0 Å². The Morgan fingerprint density at radius 3 is 2.64 bits per heavy atom. The summed E-state index contributed by atoms with van der Waals surface area (Å²) in [5.41, 5.74) is 0.760. The lowest BCUT2D eigenvalue weighted by Gasteiger charge is -2.33. The zero-order chi connectivity index (χ0) is 17.5. The molecule has 0 unspecified atom stereocenters. The van der Waals surface area contributed by atoms with Crippen LogP contribution in [-0.4, -0.2) is 60.1 Å². The van der Waals surface area contributed by atoms with Gasteiger partial charge in [0.05, 0.1) is 19.3 Å². The maximum Gasteiger partial charge on any atom is 0.341 e. The summed E-state index contributed by atoms with van der Waals surface area (Å²) >= 11 is 0. The van der Waals surface area contributed by atoms with Crippen molar-refractivity contribution in [1.82, 2.24) is 9.99 Å². The van der Waals surface area contributed by atoms with Crippen LogP contribution in [0.5, 0.6) is 5.75 Å². The quantitative estimate of drug-likeness (QED) is 0.807. The second-order valence-corrected chi connectivity index (χ2v) is 5.59. The molecule has 1 N–H and O–H groups in total. The van der Waals surface area contributed by atoms with Crippen molar-refractivity contribution in [3.8, 4) is 5.75 Å². The van der Waals surface area contributed by atoms with Crippen LogP contribution in [0.1, 0.15) is 5.56 Å². The number of carboxylic acid groups (broad SMARTS) is 1. The molecule has 0 aliphatic carbocycles. The largest absolute Gasteiger partial charge is 0.481 e. The SMILES string of the molecule is O=C(O)COc1ccccc1C=NN1CCN(c2ccccn2)CC1. The fraction of sp³-hybridized carbons (Fsp3) is 0.278. The highest BCUT2D eigenvalue weighted by Gasteiger charge is 2.16. The van der Waals surface area contributed by atoms with Crippen molar-refractivity contribution in [2.24, 2.45) is 5.10 Å². The van der Waals surface area contributed by atoms with Crippen LogP contribution < -0.4 is 9.64 Å². The van der Waals surface area contributed by atoms with Crippen molar-refractivity contribution in [2.45, 2.75) is 0 Å². The van der Waals surface area contributed by atoms with Gasteiger partial charge in [-0.15, -0.1) is 0 Å². The number of benzene rings is 1. The van der Waals surface area contributed by atoms with E-state index in [-0.39, 0.29) is 6.61 Å². The lowest BCUT2D eigenvalue weighted by molar-refractivity contribution is -0.139. The number of nitrogens with zero attached hydrogens (tertiary/aromatic N) is 4. The molecule has 7 heteroatoms. The molecule has 0 atom stereocenters. The van der Waals surface area contributed by atoms with Crippen molar-refractivity contribution in [2.75, 3.05) is 37.7 Å². The highest BCUT2D eigenvalue weighted by Crippen LogP contribution is 2.17. The van der Waals surface area contributed by atoms with E-state index in [1.165, 1.54) is 0 Å². The Morgan fingerprint density at radius 1 is 1.16 bits per heavy atom. The van der Waals surface area contributed by atoms with Crippen LogP contribution in [0.4, 0.5) is 5.82 Å². The Hall–Kier alpha value is -3.09. The lowest BCUT2D eigenvalue weighted by atomic mass is 10.2. The van der Waals surface area contributed by atoms with E-state index >= 15 is 0 Å². The molecular weight excluding hydrogens is 320 g/mol. The van der Waals surface area contributed by atoms with Crippen molar-refractivity contribution >= 4 is 18.0 Å². The standard InChI is InChI=1S/C18H20N4O3/c23-18(24)14-25-16-6-2-1-5-15(16)13-20-22-11-9-21(10-12-22)17-7-3-4-8-19-17/h1-8,13H,9-12,14H2,(H,23,24). The molecule has 130 valence electrons. The van der Waals surface area contributed by atoms with Gasteiger partial charge >= 0.3 is 5.97 Å². The first-order valence-electron chi connectivity index (χ1n) is 8.11. The van der Waals surface area contributed by atoms with Gasteiger partial charge in [-0.05, 0) is 24.3 Å². The monoisotopic (exact) mass is 340 g/mol. The summed E-state index contributed by atoms with van der Waals surface area (Å²) in [4.78, 5) is 17.3. The zero-order valence-electron chi connectivity index (χ0n) is 13.8.